The highest BCUT2D eigenvalue weighted by Gasteiger charge is 2.38. The number of likely N-dealkylation sites (tertiary alicyclic amines) is 1. The molecular weight excluding hydrogens is 328 g/mol. The monoisotopic (exact) mass is 348 g/mol. The Balaban J connectivity index is 1.69. The van der Waals surface area contributed by atoms with Gasteiger partial charge in [0.05, 0.1) is 5.69 Å². The molecule has 1 aliphatic rings. The molecule has 2 N–H and O–H groups in total. The Morgan fingerprint density at radius 3 is 2.92 bits per heavy atom. The normalized spacial score (nSPS) is 19.8. The van der Waals surface area contributed by atoms with Gasteiger partial charge in [0.1, 0.15) is 5.75 Å². The topological polar surface area (TPSA) is 82.1 Å². The van der Waals surface area contributed by atoms with E-state index in [9.17, 15) is 9.90 Å². The Kier molecular flexibility index (Phi) is 3.76. The van der Waals surface area contributed by atoms with Gasteiger partial charge in [0.15, 0.2) is 5.65 Å². The third-order valence-corrected chi connectivity index (χ3v) is 5.17. The Bertz CT molecular complexity index is 1010. The summed E-state index contributed by atoms with van der Waals surface area (Å²) >= 11 is 0. The van der Waals surface area contributed by atoms with Crippen molar-refractivity contribution in [3.63, 3.8) is 0 Å². The fourth-order valence-electron chi connectivity index (χ4n) is 3.58. The molecule has 0 saturated carbocycles. The number of carbonyl (C=O) groups excluding carboxylic acids is 1. The lowest BCUT2D eigenvalue weighted by Crippen LogP contribution is -2.31. The summed E-state index contributed by atoms with van der Waals surface area (Å²) in [5.74, 6) is 0.143. The summed E-state index contributed by atoms with van der Waals surface area (Å²) in [6.07, 6.45) is 2.24. The van der Waals surface area contributed by atoms with Gasteiger partial charge < -0.3 is 15.0 Å². The average molecular weight is 348 g/mol. The van der Waals surface area contributed by atoms with Crippen molar-refractivity contribution in [1.82, 2.24) is 20.1 Å². The molecule has 1 amide bonds. The molecule has 6 nitrogen and oxygen atoms in total. The second-order valence-corrected chi connectivity index (χ2v) is 7.01. The Morgan fingerprint density at radius 2 is 2.15 bits per heavy atom. The third-order valence-electron chi connectivity index (χ3n) is 5.17. The van der Waals surface area contributed by atoms with Crippen molar-refractivity contribution in [3.05, 3.63) is 54.7 Å². The molecule has 2 aromatic heterocycles. The van der Waals surface area contributed by atoms with E-state index in [0.29, 0.717) is 30.0 Å². The smallest absolute Gasteiger partial charge is 0.245 e. The van der Waals surface area contributed by atoms with Crippen molar-refractivity contribution in [3.8, 4) is 17.0 Å². The number of hydrogen-bond donors (Lipinski definition) is 2. The van der Waals surface area contributed by atoms with Gasteiger partial charge in [-0.15, -0.1) is 10.2 Å². The van der Waals surface area contributed by atoms with Crippen molar-refractivity contribution in [1.29, 1.82) is 0 Å². The first-order valence-corrected chi connectivity index (χ1v) is 8.57. The number of nitrogens with one attached hydrogen (secondary N) is 1. The number of amides is 1. The third kappa shape index (κ3) is 2.63. The van der Waals surface area contributed by atoms with Crippen molar-refractivity contribution in [2.24, 2.45) is 0 Å². The molecule has 0 spiro atoms. The van der Waals surface area contributed by atoms with Crippen LogP contribution in [0.25, 0.3) is 22.3 Å². The molecule has 1 aliphatic heterocycles. The molecule has 3 heterocycles. The van der Waals surface area contributed by atoms with Crippen molar-refractivity contribution >= 4 is 16.9 Å². The lowest BCUT2D eigenvalue weighted by atomic mass is 9.86. The van der Waals surface area contributed by atoms with Gasteiger partial charge in [-0.2, -0.15) is 0 Å². The lowest BCUT2D eigenvalue weighted by molar-refractivity contribution is -0.125. The Morgan fingerprint density at radius 1 is 1.35 bits per heavy atom. The highest BCUT2D eigenvalue weighted by Crippen LogP contribution is 2.36. The molecule has 1 atom stereocenters. The quantitative estimate of drug-likeness (QED) is 0.713. The number of hydrogen-bond acceptors (Lipinski definition) is 4. The van der Waals surface area contributed by atoms with Gasteiger partial charge in [0.25, 0.3) is 0 Å². The molecule has 132 valence electrons. The van der Waals surface area contributed by atoms with Crippen LogP contribution in [0.4, 0.5) is 0 Å². The van der Waals surface area contributed by atoms with E-state index in [4.69, 9.17) is 0 Å². The average Bonchev–Trinajstić information content (AvgIpc) is 3.26. The minimum Gasteiger partial charge on any atom is -0.507 e. The maximum absolute atomic E-state index is 11.9. The number of aromatic nitrogens is 3. The van der Waals surface area contributed by atoms with Crippen molar-refractivity contribution in [2.45, 2.75) is 18.8 Å². The SMILES string of the molecule is C=CC(=O)N1CC[C@](C)(c2cc3cc(-c4ccccc4O)nnc3[nH]2)C1. The van der Waals surface area contributed by atoms with Gasteiger partial charge in [-0.05, 0) is 36.8 Å². The van der Waals surface area contributed by atoms with Gasteiger partial charge in [0, 0.05) is 35.1 Å². The van der Waals surface area contributed by atoms with Gasteiger partial charge >= 0.3 is 0 Å². The van der Waals surface area contributed by atoms with E-state index in [1.807, 2.05) is 23.1 Å². The van der Waals surface area contributed by atoms with E-state index >= 15 is 0 Å². The first kappa shape index (κ1) is 16.3. The second kappa shape index (κ2) is 5.98. The summed E-state index contributed by atoms with van der Waals surface area (Å²) in [5.41, 5.74) is 2.86. The van der Waals surface area contributed by atoms with E-state index in [2.05, 4.69) is 34.8 Å². The molecule has 26 heavy (non-hydrogen) atoms. The number of para-hydroxylation sites is 1. The summed E-state index contributed by atoms with van der Waals surface area (Å²) in [7, 11) is 0. The molecule has 1 saturated heterocycles. The van der Waals surface area contributed by atoms with Crippen molar-refractivity contribution < 1.29 is 9.90 Å². The van der Waals surface area contributed by atoms with Crippen LogP contribution in [0.2, 0.25) is 0 Å². The number of H-pyrrole nitrogens is 1. The van der Waals surface area contributed by atoms with Gasteiger partial charge in [-0.3, -0.25) is 4.79 Å². The van der Waals surface area contributed by atoms with Crippen LogP contribution >= 0.6 is 0 Å². The van der Waals surface area contributed by atoms with E-state index in [1.54, 1.807) is 12.1 Å². The zero-order valence-electron chi connectivity index (χ0n) is 14.6. The highest BCUT2D eigenvalue weighted by molar-refractivity contribution is 5.87. The number of phenolic OH excluding ortho intramolecular Hbond substituents is 1. The van der Waals surface area contributed by atoms with Crippen LogP contribution in [0.3, 0.4) is 0 Å². The van der Waals surface area contributed by atoms with Gasteiger partial charge in [-0.1, -0.05) is 25.6 Å². The van der Waals surface area contributed by atoms with Crippen LogP contribution in [0.1, 0.15) is 19.0 Å². The van der Waals surface area contributed by atoms with E-state index < -0.39 is 0 Å². The van der Waals surface area contributed by atoms with E-state index in [-0.39, 0.29) is 17.1 Å². The summed E-state index contributed by atoms with van der Waals surface area (Å²) in [6.45, 7) is 7.07. The molecule has 6 heteroatoms. The van der Waals surface area contributed by atoms with Gasteiger partial charge in [0.2, 0.25) is 5.91 Å². The molecule has 3 aromatic rings. The number of benzene rings is 1. The summed E-state index contributed by atoms with van der Waals surface area (Å²) in [4.78, 5) is 17.1. The molecule has 1 aromatic carbocycles. The number of nitrogens with zero attached hydrogens (tertiary/aromatic N) is 3. The number of rotatable bonds is 3. The number of aromatic hydroxyl groups is 1. The molecular formula is C20H20N4O2. The standard InChI is InChI=1S/C20H20N4O2/c1-3-18(26)24-9-8-20(2,12-24)17-11-13-10-15(22-23-19(13)21-17)14-6-4-5-7-16(14)25/h3-7,10-11,25H,1,8-9,12H2,2H3,(H,21,23)/t20-/m0/s1. The maximum atomic E-state index is 11.9. The summed E-state index contributed by atoms with van der Waals surface area (Å²) in [6, 6.07) is 11.1. The minimum atomic E-state index is -0.158. The Hall–Kier alpha value is -3.15. The van der Waals surface area contributed by atoms with Gasteiger partial charge in [-0.25, -0.2) is 0 Å². The van der Waals surface area contributed by atoms with Crippen LogP contribution in [-0.2, 0) is 10.2 Å². The molecule has 0 bridgehead atoms. The molecule has 0 radical (unpaired) electrons. The Labute approximate surface area is 151 Å². The van der Waals surface area contributed by atoms with Crippen LogP contribution in [0, 0.1) is 0 Å². The predicted octanol–water partition coefficient (Wildman–Crippen LogP) is 3.01. The van der Waals surface area contributed by atoms with Crippen LogP contribution in [0.5, 0.6) is 5.75 Å². The fourth-order valence-corrected chi connectivity index (χ4v) is 3.58. The maximum Gasteiger partial charge on any atom is 0.245 e. The molecule has 0 aliphatic carbocycles. The van der Waals surface area contributed by atoms with E-state index in [1.165, 1.54) is 6.08 Å². The number of fused-ring (bicyclic) bond motifs is 1. The van der Waals surface area contributed by atoms with Crippen LogP contribution in [0.15, 0.2) is 49.1 Å². The zero-order valence-corrected chi connectivity index (χ0v) is 14.6. The first-order valence-electron chi connectivity index (χ1n) is 8.57. The summed E-state index contributed by atoms with van der Waals surface area (Å²) < 4.78 is 0. The molecule has 0 unspecified atom stereocenters. The highest BCUT2D eigenvalue weighted by atomic mass is 16.3. The van der Waals surface area contributed by atoms with Crippen LogP contribution in [-0.4, -0.2) is 44.2 Å². The molecule has 1 fully saturated rings. The lowest BCUT2D eigenvalue weighted by Gasteiger charge is -2.23. The fraction of sp³-hybridized carbons (Fsp3) is 0.250. The largest absolute Gasteiger partial charge is 0.507 e. The van der Waals surface area contributed by atoms with Crippen molar-refractivity contribution in [2.75, 3.05) is 13.1 Å². The number of aromatic amines is 1. The zero-order chi connectivity index (χ0) is 18.3. The minimum absolute atomic E-state index is 0.0357. The first-order chi connectivity index (χ1) is 12.5. The second-order valence-electron chi connectivity index (χ2n) is 7.01. The number of carbonyl (C=O) groups is 1. The number of phenols is 1. The van der Waals surface area contributed by atoms with E-state index in [0.717, 1.165) is 17.5 Å². The van der Waals surface area contributed by atoms with Crippen LogP contribution < -0.4 is 0 Å². The summed E-state index contributed by atoms with van der Waals surface area (Å²) in [5, 5.41) is 19.5. The molecule has 4 rings (SSSR count). The predicted molar refractivity (Wildman–Crippen MR) is 99.7 cm³/mol.